The van der Waals surface area contributed by atoms with Crippen molar-refractivity contribution in [3.63, 3.8) is 0 Å². The third-order valence-corrected chi connectivity index (χ3v) is 6.53. The van der Waals surface area contributed by atoms with Crippen LogP contribution in [0.5, 0.6) is 0 Å². The number of hydrogen-bond acceptors (Lipinski definition) is 4. The standard InChI is InChI=1S/C22H24F3N3O4/c1-13-9-28(26-18(13)19(29)30)20(31)27-10-16-7-17(8-21(16,2)12-27)32-11-14-4-3-5-15(6-14)22(23,24)25/h3-6,9,16-17H,7-8,10-12H2,1-2H3,(H,29,30)/t16-,17+,21?/m0/s1. The molecule has 3 atom stereocenters. The first-order valence-corrected chi connectivity index (χ1v) is 10.3. The summed E-state index contributed by atoms with van der Waals surface area (Å²) in [6.07, 6.45) is -1.66. The summed E-state index contributed by atoms with van der Waals surface area (Å²) in [7, 11) is 0. The van der Waals surface area contributed by atoms with E-state index in [1.165, 1.54) is 12.3 Å². The number of benzene rings is 1. The van der Waals surface area contributed by atoms with Gasteiger partial charge in [0.2, 0.25) is 0 Å². The van der Waals surface area contributed by atoms with Crippen LogP contribution in [0, 0.1) is 18.3 Å². The Morgan fingerprint density at radius 2 is 2.09 bits per heavy atom. The molecule has 2 fully saturated rings. The number of nitrogens with zero attached hydrogens (tertiary/aromatic N) is 3. The number of fused-ring (bicyclic) bond motifs is 1. The van der Waals surface area contributed by atoms with Crippen LogP contribution in [0.2, 0.25) is 0 Å². The van der Waals surface area contributed by atoms with Gasteiger partial charge >= 0.3 is 18.2 Å². The van der Waals surface area contributed by atoms with Gasteiger partial charge in [0, 0.05) is 24.8 Å². The minimum absolute atomic E-state index is 0.0950. The van der Waals surface area contributed by atoms with Crippen molar-refractivity contribution in [3.05, 3.63) is 52.8 Å². The van der Waals surface area contributed by atoms with Crippen molar-refractivity contribution in [3.8, 4) is 0 Å². The number of amides is 1. The summed E-state index contributed by atoms with van der Waals surface area (Å²) in [4.78, 5) is 25.7. The average Bonchev–Trinajstić information content (AvgIpc) is 3.34. The van der Waals surface area contributed by atoms with Crippen LogP contribution in [-0.4, -0.2) is 51.0 Å². The summed E-state index contributed by atoms with van der Waals surface area (Å²) in [6.45, 7) is 4.76. The van der Waals surface area contributed by atoms with Gasteiger partial charge in [-0.05, 0) is 48.8 Å². The van der Waals surface area contributed by atoms with Gasteiger partial charge in [-0.1, -0.05) is 19.1 Å². The summed E-state index contributed by atoms with van der Waals surface area (Å²) in [5.74, 6) is -0.992. The van der Waals surface area contributed by atoms with Crippen molar-refractivity contribution in [1.29, 1.82) is 0 Å². The maximum absolute atomic E-state index is 12.9. The fourth-order valence-corrected chi connectivity index (χ4v) is 4.87. The lowest BCUT2D eigenvalue weighted by molar-refractivity contribution is -0.137. The van der Waals surface area contributed by atoms with Gasteiger partial charge in [-0.3, -0.25) is 0 Å². The number of aromatic nitrogens is 2. The van der Waals surface area contributed by atoms with Crippen LogP contribution in [0.15, 0.2) is 30.5 Å². The third kappa shape index (κ3) is 4.23. The minimum Gasteiger partial charge on any atom is -0.476 e. The summed E-state index contributed by atoms with van der Waals surface area (Å²) >= 11 is 0. The molecular weight excluding hydrogens is 427 g/mol. The number of halogens is 3. The molecule has 2 heterocycles. The molecule has 1 unspecified atom stereocenters. The maximum Gasteiger partial charge on any atom is 0.416 e. The Kier molecular flexibility index (Phi) is 5.52. The average molecular weight is 451 g/mol. The number of rotatable bonds is 4. The predicted molar refractivity (Wildman–Crippen MR) is 107 cm³/mol. The molecule has 4 rings (SSSR count). The Labute approximate surface area is 182 Å². The Hall–Kier alpha value is -2.88. The van der Waals surface area contributed by atoms with Crippen LogP contribution in [-0.2, 0) is 17.5 Å². The van der Waals surface area contributed by atoms with Crippen LogP contribution >= 0.6 is 0 Å². The molecule has 1 saturated heterocycles. The largest absolute Gasteiger partial charge is 0.476 e. The van der Waals surface area contributed by atoms with Crippen LogP contribution in [0.1, 0.15) is 46.9 Å². The van der Waals surface area contributed by atoms with E-state index in [-0.39, 0.29) is 35.8 Å². The lowest BCUT2D eigenvalue weighted by Gasteiger charge is -2.24. The first kappa shape index (κ1) is 22.3. The normalized spacial score (nSPS) is 25.2. The predicted octanol–water partition coefficient (Wildman–Crippen LogP) is 4.19. The molecule has 1 N–H and O–H groups in total. The van der Waals surface area contributed by atoms with E-state index in [0.717, 1.165) is 16.8 Å². The molecule has 2 aliphatic rings. The van der Waals surface area contributed by atoms with Crippen LogP contribution in [0.25, 0.3) is 0 Å². The summed E-state index contributed by atoms with van der Waals surface area (Å²) in [5, 5.41) is 13.0. The molecule has 7 nitrogen and oxygen atoms in total. The molecule has 0 spiro atoms. The molecule has 1 aliphatic carbocycles. The van der Waals surface area contributed by atoms with Crippen molar-refractivity contribution in [2.45, 2.75) is 45.6 Å². The third-order valence-electron chi connectivity index (χ3n) is 6.53. The van der Waals surface area contributed by atoms with Crippen LogP contribution < -0.4 is 0 Å². The molecule has 1 aromatic heterocycles. The summed E-state index contributed by atoms with van der Waals surface area (Å²) < 4.78 is 45.7. The van der Waals surface area contributed by atoms with E-state index in [1.807, 2.05) is 0 Å². The molecular formula is C22H24F3N3O4. The maximum atomic E-state index is 12.9. The van der Waals surface area contributed by atoms with E-state index in [1.54, 1.807) is 17.9 Å². The first-order chi connectivity index (χ1) is 15.0. The number of carbonyl (C=O) groups is 2. The van der Waals surface area contributed by atoms with Gasteiger partial charge in [-0.15, -0.1) is 0 Å². The minimum atomic E-state index is -4.39. The van der Waals surface area contributed by atoms with E-state index in [9.17, 15) is 22.8 Å². The Morgan fingerprint density at radius 3 is 2.72 bits per heavy atom. The van der Waals surface area contributed by atoms with Gasteiger partial charge in [0.05, 0.1) is 18.3 Å². The lowest BCUT2D eigenvalue weighted by atomic mass is 9.83. The fourth-order valence-electron chi connectivity index (χ4n) is 4.87. The fraction of sp³-hybridized carbons (Fsp3) is 0.500. The molecule has 1 aliphatic heterocycles. The van der Waals surface area contributed by atoms with Gasteiger partial charge < -0.3 is 14.7 Å². The molecule has 0 radical (unpaired) electrons. The second-order valence-electron chi connectivity index (χ2n) is 9.00. The van der Waals surface area contributed by atoms with Gasteiger partial charge in [0.25, 0.3) is 0 Å². The molecule has 1 aromatic carbocycles. The van der Waals surface area contributed by atoms with E-state index >= 15 is 0 Å². The van der Waals surface area contributed by atoms with Gasteiger partial charge in [0.15, 0.2) is 5.69 Å². The molecule has 172 valence electrons. The number of alkyl halides is 3. The molecule has 1 saturated carbocycles. The highest BCUT2D eigenvalue weighted by atomic mass is 19.4. The highest BCUT2D eigenvalue weighted by Gasteiger charge is 2.51. The number of aryl methyl sites for hydroxylation is 1. The van der Waals surface area contributed by atoms with Crippen LogP contribution in [0.3, 0.4) is 0 Å². The lowest BCUT2D eigenvalue weighted by Crippen LogP contribution is -2.35. The topological polar surface area (TPSA) is 84.7 Å². The number of aromatic carboxylic acids is 1. The van der Waals surface area contributed by atoms with Crippen molar-refractivity contribution in [1.82, 2.24) is 14.7 Å². The molecule has 2 aromatic rings. The zero-order chi connectivity index (χ0) is 23.3. The molecule has 1 amide bonds. The highest BCUT2D eigenvalue weighted by Crippen LogP contribution is 2.49. The van der Waals surface area contributed by atoms with Crippen molar-refractivity contribution in [2.24, 2.45) is 11.3 Å². The SMILES string of the molecule is Cc1cn(C(=O)N2C[C@@H]3C[C@@H](OCc4cccc(C(F)(F)F)c4)CC3(C)C2)nc1C(=O)O. The van der Waals surface area contributed by atoms with E-state index in [0.29, 0.717) is 37.1 Å². The number of carbonyl (C=O) groups excluding carboxylic acids is 1. The van der Waals surface area contributed by atoms with Crippen LogP contribution in [0.4, 0.5) is 18.0 Å². The molecule has 0 bridgehead atoms. The zero-order valence-electron chi connectivity index (χ0n) is 17.7. The van der Waals surface area contributed by atoms with Crippen molar-refractivity contribution in [2.75, 3.05) is 13.1 Å². The first-order valence-electron chi connectivity index (χ1n) is 10.3. The van der Waals surface area contributed by atoms with Crippen molar-refractivity contribution < 1.29 is 32.6 Å². The summed E-state index contributed by atoms with van der Waals surface area (Å²) in [5.41, 5.74) is -0.122. The number of carboxylic acids is 1. The Morgan fingerprint density at radius 1 is 1.34 bits per heavy atom. The second kappa shape index (κ2) is 7.91. The Balaban J connectivity index is 1.36. The Bertz CT molecular complexity index is 1050. The van der Waals surface area contributed by atoms with E-state index in [2.05, 4.69) is 12.0 Å². The quantitative estimate of drug-likeness (QED) is 0.754. The van der Waals surface area contributed by atoms with E-state index in [4.69, 9.17) is 9.84 Å². The molecule has 10 heteroatoms. The van der Waals surface area contributed by atoms with Gasteiger partial charge in [-0.25, -0.2) is 9.59 Å². The smallest absolute Gasteiger partial charge is 0.416 e. The van der Waals surface area contributed by atoms with Gasteiger partial charge in [-0.2, -0.15) is 23.0 Å². The highest BCUT2D eigenvalue weighted by molar-refractivity contribution is 5.88. The second-order valence-corrected chi connectivity index (χ2v) is 9.00. The number of hydrogen-bond donors (Lipinski definition) is 1. The monoisotopic (exact) mass is 451 g/mol. The van der Waals surface area contributed by atoms with E-state index < -0.39 is 17.7 Å². The zero-order valence-corrected chi connectivity index (χ0v) is 17.7. The number of carboxylic acid groups (broad SMARTS) is 1. The van der Waals surface area contributed by atoms with Crippen molar-refractivity contribution >= 4 is 12.0 Å². The number of likely N-dealkylation sites (tertiary alicyclic amines) is 1. The molecule has 32 heavy (non-hydrogen) atoms. The van der Waals surface area contributed by atoms with Gasteiger partial charge in [0.1, 0.15) is 0 Å². The summed E-state index contributed by atoms with van der Waals surface area (Å²) in [6, 6.07) is 4.77. The number of ether oxygens (including phenoxy) is 1.